The number of nitrogens with zero attached hydrogens (tertiary/aromatic N) is 2. The predicted octanol–water partition coefficient (Wildman–Crippen LogP) is 2.34. The molecule has 4 atom stereocenters. The minimum absolute atomic E-state index is 0.0852. The highest BCUT2D eigenvalue weighted by molar-refractivity contribution is 4.89. The van der Waals surface area contributed by atoms with E-state index in [1.807, 2.05) is 0 Å². The Bertz CT molecular complexity index is 263. The summed E-state index contributed by atoms with van der Waals surface area (Å²) in [5.41, 5.74) is 0. The summed E-state index contributed by atoms with van der Waals surface area (Å²) in [6, 6.07) is 1.14. The van der Waals surface area contributed by atoms with Crippen LogP contribution in [0.5, 0.6) is 0 Å². The number of hydrogen-bond acceptors (Lipinski definition) is 3. The van der Waals surface area contributed by atoms with Gasteiger partial charge in [-0.05, 0) is 38.5 Å². The summed E-state index contributed by atoms with van der Waals surface area (Å²) in [6.07, 6.45) is 5.87. The first-order valence-electron chi connectivity index (χ1n) is 8.31. The van der Waals surface area contributed by atoms with Crippen molar-refractivity contribution in [1.29, 1.82) is 0 Å². The van der Waals surface area contributed by atoms with E-state index in [1.165, 1.54) is 38.8 Å². The standard InChI is InChI=1S/C16H32N2O/c1-4-13(3)17-8-10-18(11-9-17)15-12-14(5-2)6-7-16(15)19/h13-16,19H,4-12H2,1-3H3. The molecule has 1 aliphatic heterocycles. The Morgan fingerprint density at radius 1 is 1.11 bits per heavy atom. The number of hydrogen-bond donors (Lipinski definition) is 1. The highest BCUT2D eigenvalue weighted by Gasteiger charge is 2.34. The minimum Gasteiger partial charge on any atom is -0.391 e. The summed E-state index contributed by atoms with van der Waals surface area (Å²) >= 11 is 0. The summed E-state index contributed by atoms with van der Waals surface area (Å²) < 4.78 is 0. The normalized spacial score (nSPS) is 36.3. The molecule has 2 fully saturated rings. The third-order valence-electron chi connectivity index (χ3n) is 5.50. The van der Waals surface area contributed by atoms with E-state index in [0.717, 1.165) is 25.4 Å². The van der Waals surface area contributed by atoms with Crippen molar-refractivity contribution in [3.8, 4) is 0 Å². The van der Waals surface area contributed by atoms with Crippen LogP contribution in [0, 0.1) is 5.92 Å². The molecule has 0 radical (unpaired) electrons. The Balaban J connectivity index is 1.85. The third kappa shape index (κ3) is 3.71. The lowest BCUT2D eigenvalue weighted by atomic mass is 9.81. The van der Waals surface area contributed by atoms with Crippen LogP contribution < -0.4 is 0 Å². The summed E-state index contributed by atoms with van der Waals surface area (Å²) in [6.45, 7) is 11.5. The second kappa shape index (κ2) is 7.05. The molecule has 0 amide bonds. The molecule has 1 aliphatic carbocycles. The van der Waals surface area contributed by atoms with E-state index < -0.39 is 0 Å². The largest absolute Gasteiger partial charge is 0.391 e. The molecule has 1 saturated heterocycles. The van der Waals surface area contributed by atoms with E-state index >= 15 is 0 Å². The van der Waals surface area contributed by atoms with Crippen molar-refractivity contribution in [3.63, 3.8) is 0 Å². The van der Waals surface area contributed by atoms with Gasteiger partial charge in [-0.25, -0.2) is 0 Å². The van der Waals surface area contributed by atoms with Gasteiger partial charge in [0.2, 0.25) is 0 Å². The van der Waals surface area contributed by atoms with E-state index in [-0.39, 0.29) is 6.10 Å². The average Bonchev–Trinajstić information content (AvgIpc) is 2.47. The van der Waals surface area contributed by atoms with Gasteiger partial charge in [-0.3, -0.25) is 9.80 Å². The Morgan fingerprint density at radius 3 is 2.37 bits per heavy atom. The van der Waals surface area contributed by atoms with Gasteiger partial charge in [0.05, 0.1) is 6.10 Å². The van der Waals surface area contributed by atoms with Crippen molar-refractivity contribution in [3.05, 3.63) is 0 Å². The third-order valence-corrected chi connectivity index (χ3v) is 5.50. The topological polar surface area (TPSA) is 26.7 Å². The molecule has 2 rings (SSSR count). The quantitative estimate of drug-likeness (QED) is 0.848. The lowest BCUT2D eigenvalue weighted by Crippen LogP contribution is -2.56. The van der Waals surface area contributed by atoms with E-state index in [1.54, 1.807) is 0 Å². The summed E-state index contributed by atoms with van der Waals surface area (Å²) in [7, 11) is 0. The van der Waals surface area contributed by atoms with Crippen LogP contribution in [0.25, 0.3) is 0 Å². The zero-order valence-electron chi connectivity index (χ0n) is 13.0. The van der Waals surface area contributed by atoms with E-state index in [0.29, 0.717) is 12.1 Å². The second-order valence-electron chi connectivity index (χ2n) is 6.55. The SMILES string of the molecule is CCC1CCC(O)C(N2CCN(C(C)CC)CC2)C1. The van der Waals surface area contributed by atoms with Crippen LogP contribution in [0.15, 0.2) is 0 Å². The van der Waals surface area contributed by atoms with Crippen molar-refractivity contribution >= 4 is 0 Å². The van der Waals surface area contributed by atoms with Crippen LogP contribution in [0.4, 0.5) is 0 Å². The van der Waals surface area contributed by atoms with Crippen molar-refractivity contribution in [2.75, 3.05) is 26.2 Å². The van der Waals surface area contributed by atoms with Gasteiger partial charge in [-0.1, -0.05) is 20.3 Å². The van der Waals surface area contributed by atoms with Crippen LogP contribution in [0.3, 0.4) is 0 Å². The molecular weight excluding hydrogens is 236 g/mol. The van der Waals surface area contributed by atoms with Crippen LogP contribution in [-0.2, 0) is 0 Å². The summed E-state index contributed by atoms with van der Waals surface area (Å²) in [5, 5.41) is 10.3. The molecule has 0 aromatic rings. The molecule has 0 bridgehead atoms. The van der Waals surface area contributed by atoms with Gasteiger partial charge in [0.15, 0.2) is 0 Å². The van der Waals surface area contributed by atoms with Crippen LogP contribution >= 0.6 is 0 Å². The van der Waals surface area contributed by atoms with Gasteiger partial charge < -0.3 is 5.11 Å². The van der Waals surface area contributed by atoms with Crippen molar-refractivity contribution in [1.82, 2.24) is 9.80 Å². The fourth-order valence-corrected chi connectivity index (χ4v) is 3.75. The molecule has 1 saturated carbocycles. The van der Waals surface area contributed by atoms with Crippen molar-refractivity contribution in [2.45, 2.75) is 71.1 Å². The van der Waals surface area contributed by atoms with Gasteiger partial charge >= 0.3 is 0 Å². The molecule has 19 heavy (non-hydrogen) atoms. The first kappa shape index (κ1) is 15.3. The molecule has 1 heterocycles. The molecule has 0 aromatic carbocycles. The first-order chi connectivity index (χ1) is 9.15. The Hall–Kier alpha value is -0.120. The van der Waals surface area contributed by atoms with Gasteiger partial charge in [-0.15, -0.1) is 0 Å². The van der Waals surface area contributed by atoms with Crippen molar-refractivity contribution in [2.24, 2.45) is 5.92 Å². The molecule has 0 spiro atoms. The maximum absolute atomic E-state index is 10.3. The lowest BCUT2D eigenvalue weighted by Gasteiger charge is -2.45. The fourth-order valence-electron chi connectivity index (χ4n) is 3.75. The van der Waals surface area contributed by atoms with Crippen LogP contribution in [-0.4, -0.2) is 59.3 Å². The number of rotatable bonds is 4. The number of aliphatic hydroxyl groups is 1. The molecule has 112 valence electrons. The Kier molecular flexibility index (Phi) is 5.67. The Morgan fingerprint density at radius 2 is 1.79 bits per heavy atom. The minimum atomic E-state index is -0.0852. The van der Waals surface area contributed by atoms with Gasteiger partial charge in [0.25, 0.3) is 0 Å². The average molecular weight is 268 g/mol. The lowest BCUT2D eigenvalue weighted by molar-refractivity contribution is -0.0225. The Labute approximate surface area is 119 Å². The van der Waals surface area contributed by atoms with E-state index in [9.17, 15) is 5.11 Å². The predicted molar refractivity (Wildman–Crippen MR) is 80.3 cm³/mol. The highest BCUT2D eigenvalue weighted by Crippen LogP contribution is 2.30. The van der Waals surface area contributed by atoms with Crippen LogP contribution in [0.1, 0.15) is 52.9 Å². The maximum Gasteiger partial charge on any atom is 0.0695 e. The van der Waals surface area contributed by atoms with Gasteiger partial charge in [0, 0.05) is 38.3 Å². The molecule has 3 heteroatoms. The van der Waals surface area contributed by atoms with Crippen molar-refractivity contribution < 1.29 is 5.11 Å². The van der Waals surface area contributed by atoms with E-state index in [4.69, 9.17) is 0 Å². The molecule has 4 unspecified atom stereocenters. The van der Waals surface area contributed by atoms with Crippen LogP contribution in [0.2, 0.25) is 0 Å². The van der Waals surface area contributed by atoms with E-state index in [2.05, 4.69) is 30.6 Å². The highest BCUT2D eigenvalue weighted by atomic mass is 16.3. The zero-order chi connectivity index (χ0) is 13.8. The summed E-state index contributed by atoms with van der Waals surface area (Å²) in [5.74, 6) is 0.834. The molecule has 1 N–H and O–H groups in total. The monoisotopic (exact) mass is 268 g/mol. The molecular formula is C16H32N2O. The fraction of sp³-hybridized carbons (Fsp3) is 1.00. The molecule has 0 aromatic heterocycles. The smallest absolute Gasteiger partial charge is 0.0695 e. The number of aliphatic hydroxyl groups excluding tert-OH is 1. The van der Waals surface area contributed by atoms with Gasteiger partial charge in [-0.2, -0.15) is 0 Å². The first-order valence-corrected chi connectivity index (χ1v) is 8.31. The maximum atomic E-state index is 10.3. The second-order valence-corrected chi connectivity index (χ2v) is 6.55. The molecule has 3 nitrogen and oxygen atoms in total. The van der Waals surface area contributed by atoms with Gasteiger partial charge in [0.1, 0.15) is 0 Å². The summed E-state index contributed by atoms with van der Waals surface area (Å²) in [4.78, 5) is 5.16. The zero-order valence-corrected chi connectivity index (χ0v) is 13.0. The molecule has 2 aliphatic rings. The number of piperazine rings is 1.